The minimum atomic E-state index is -0.148. The molecule has 148 valence electrons. The van der Waals surface area contributed by atoms with Crippen molar-refractivity contribution >= 4 is 27.3 Å². The van der Waals surface area contributed by atoms with Crippen LogP contribution in [-0.2, 0) is 16.0 Å². The summed E-state index contributed by atoms with van der Waals surface area (Å²) in [4.78, 5) is 15.9. The zero-order chi connectivity index (χ0) is 20.2. The quantitative estimate of drug-likeness (QED) is 0.602. The van der Waals surface area contributed by atoms with Gasteiger partial charge < -0.3 is 14.4 Å². The lowest BCUT2D eigenvalue weighted by atomic mass is 10.1. The van der Waals surface area contributed by atoms with Crippen molar-refractivity contribution in [3.05, 3.63) is 64.5 Å². The molecule has 4 nitrogen and oxygen atoms in total. The minimum Gasteiger partial charge on any atom is -0.491 e. The maximum absolute atomic E-state index is 12.9. The number of carbonyl (C=O) groups excluding carboxylic acids is 1. The number of amides is 1. The molecule has 4 rings (SSSR count). The number of fused-ring (bicyclic) bond motifs is 1. The van der Waals surface area contributed by atoms with E-state index in [0.29, 0.717) is 38.5 Å². The highest BCUT2D eigenvalue weighted by atomic mass is 32.1. The van der Waals surface area contributed by atoms with Gasteiger partial charge in [-0.2, -0.15) is 0 Å². The largest absolute Gasteiger partial charge is 0.491 e. The molecule has 1 unspecified atom stereocenters. The molecule has 1 aromatic heterocycles. The summed E-state index contributed by atoms with van der Waals surface area (Å²) in [5.74, 6) is 3.46. The van der Waals surface area contributed by atoms with Crippen molar-refractivity contribution in [3.8, 4) is 18.1 Å². The predicted molar refractivity (Wildman–Crippen MR) is 116 cm³/mol. The van der Waals surface area contributed by atoms with Gasteiger partial charge in [-0.05, 0) is 42.1 Å². The van der Waals surface area contributed by atoms with E-state index in [0.717, 1.165) is 10.4 Å². The van der Waals surface area contributed by atoms with Crippen LogP contribution in [0.3, 0.4) is 0 Å². The molecule has 0 spiro atoms. The number of morpholine rings is 1. The molecular weight excluding hydrogens is 382 g/mol. The molecule has 0 bridgehead atoms. The van der Waals surface area contributed by atoms with E-state index in [1.807, 2.05) is 41.3 Å². The van der Waals surface area contributed by atoms with Crippen molar-refractivity contribution in [1.82, 2.24) is 4.90 Å². The summed E-state index contributed by atoms with van der Waals surface area (Å²) >= 11 is 1.71. The number of benzene rings is 2. The Balaban J connectivity index is 1.36. The smallest absolute Gasteiger partial charge is 0.228 e. The van der Waals surface area contributed by atoms with Crippen LogP contribution in [0.25, 0.3) is 10.1 Å². The van der Waals surface area contributed by atoms with Gasteiger partial charge in [0, 0.05) is 21.7 Å². The van der Waals surface area contributed by atoms with Crippen LogP contribution in [0.4, 0.5) is 0 Å². The molecule has 0 saturated carbocycles. The highest BCUT2D eigenvalue weighted by Crippen LogP contribution is 2.31. The molecule has 1 saturated heterocycles. The second-order valence-electron chi connectivity index (χ2n) is 7.14. The van der Waals surface area contributed by atoms with E-state index < -0.39 is 0 Å². The molecule has 5 heteroatoms. The first-order valence-electron chi connectivity index (χ1n) is 9.70. The van der Waals surface area contributed by atoms with Crippen LogP contribution in [0.2, 0.25) is 0 Å². The first-order chi connectivity index (χ1) is 14.1. The fourth-order valence-corrected chi connectivity index (χ4v) is 4.76. The second kappa shape index (κ2) is 8.69. The average molecular weight is 406 g/mol. The summed E-state index contributed by atoms with van der Waals surface area (Å²) in [7, 11) is 0. The molecule has 1 atom stereocenters. The molecule has 1 amide bonds. The van der Waals surface area contributed by atoms with E-state index in [2.05, 4.69) is 25.0 Å². The van der Waals surface area contributed by atoms with Crippen LogP contribution in [0.15, 0.2) is 48.5 Å². The second-order valence-corrected chi connectivity index (χ2v) is 8.28. The van der Waals surface area contributed by atoms with Crippen LogP contribution >= 0.6 is 11.3 Å². The molecule has 2 aromatic carbocycles. The SMILES string of the molecule is C#Cc1cccc(OCC2CN(C(=O)Cc3sc4ccccc4c3C)CCO2)c1. The summed E-state index contributed by atoms with van der Waals surface area (Å²) < 4.78 is 12.9. The molecule has 29 heavy (non-hydrogen) atoms. The van der Waals surface area contributed by atoms with Crippen molar-refractivity contribution < 1.29 is 14.3 Å². The Labute approximate surface area is 175 Å². The third kappa shape index (κ3) is 4.45. The topological polar surface area (TPSA) is 38.8 Å². The van der Waals surface area contributed by atoms with E-state index in [1.54, 1.807) is 11.3 Å². The van der Waals surface area contributed by atoms with Crippen LogP contribution in [0.1, 0.15) is 16.0 Å². The van der Waals surface area contributed by atoms with Crippen molar-refractivity contribution in [2.24, 2.45) is 0 Å². The first kappa shape index (κ1) is 19.5. The van der Waals surface area contributed by atoms with Crippen molar-refractivity contribution in [3.63, 3.8) is 0 Å². The summed E-state index contributed by atoms with van der Waals surface area (Å²) in [5.41, 5.74) is 1.99. The maximum Gasteiger partial charge on any atom is 0.228 e. The summed E-state index contributed by atoms with van der Waals surface area (Å²) in [6.07, 6.45) is 5.72. The Hall–Kier alpha value is -2.81. The number of thiophene rings is 1. The van der Waals surface area contributed by atoms with E-state index >= 15 is 0 Å². The van der Waals surface area contributed by atoms with Gasteiger partial charge in [0.2, 0.25) is 5.91 Å². The highest BCUT2D eigenvalue weighted by Gasteiger charge is 2.25. The van der Waals surface area contributed by atoms with Gasteiger partial charge in [0.1, 0.15) is 18.5 Å². The number of terminal acetylenes is 1. The fourth-order valence-electron chi connectivity index (χ4n) is 3.55. The highest BCUT2D eigenvalue weighted by molar-refractivity contribution is 7.19. The first-order valence-corrected chi connectivity index (χ1v) is 10.5. The van der Waals surface area contributed by atoms with Crippen molar-refractivity contribution in [2.45, 2.75) is 19.4 Å². The van der Waals surface area contributed by atoms with E-state index in [4.69, 9.17) is 15.9 Å². The van der Waals surface area contributed by atoms with Crippen molar-refractivity contribution in [1.29, 1.82) is 0 Å². The predicted octanol–water partition coefficient (Wildman–Crippen LogP) is 4.04. The number of hydrogen-bond acceptors (Lipinski definition) is 4. The zero-order valence-corrected chi connectivity index (χ0v) is 17.2. The van der Waals surface area contributed by atoms with Gasteiger partial charge in [-0.1, -0.05) is 30.2 Å². The van der Waals surface area contributed by atoms with Crippen LogP contribution in [0, 0.1) is 19.3 Å². The summed E-state index contributed by atoms with van der Waals surface area (Å²) in [6, 6.07) is 15.7. The maximum atomic E-state index is 12.9. The van der Waals surface area contributed by atoms with Gasteiger partial charge in [-0.15, -0.1) is 17.8 Å². The van der Waals surface area contributed by atoms with Crippen molar-refractivity contribution in [2.75, 3.05) is 26.3 Å². The van der Waals surface area contributed by atoms with Crippen LogP contribution < -0.4 is 4.74 Å². The molecule has 1 fully saturated rings. The average Bonchev–Trinajstić information content (AvgIpc) is 3.08. The lowest BCUT2D eigenvalue weighted by molar-refractivity contribution is -0.139. The third-order valence-electron chi connectivity index (χ3n) is 5.18. The molecule has 0 aliphatic carbocycles. The van der Waals surface area contributed by atoms with Gasteiger partial charge in [-0.3, -0.25) is 4.79 Å². The van der Waals surface area contributed by atoms with Gasteiger partial charge in [0.05, 0.1) is 19.6 Å². The van der Waals surface area contributed by atoms with Gasteiger partial charge in [-0.25, -0.2) is 0 Å². The monoisotopic (exact) mass is 405 g/mol. The lowest BCUT2D eigenvalue weighted by Gasteiger charge is -2.33. The molecule has 3 aromatic rings. The number of ether oxygens (including phenoxy) is 2. The van der Waals surface area contributed by atoms with Gasteiger partial charge in [0.25, 0.3) is 0 Å². The Morgan fingerprint density at radius 3 is 3.00 bits per heavy atom. The summed E-state index contributed by atoms with van der Waals surface area (Å²) in [5, 5.41) is 1.24. The fraction of sp³-hybridized carbons (Fsp3) is 0.292. The molecular formula is C24H23NO3S. The molecule has 2 heterocycles. The Kier molecular flexibility index (Phi) is 5.84. The van der Waals surface area contributed by atoms with Crippen LogP contribution in [0.5, 0.6) is 5.75 Å². The standard InChI is InChI=1S/C24H23NO3S/c1-3-18-7-6-8-19(13-18)28-16-20-15-25(11-12-27-20)24(26)14-23-17(2)21-9-4-5-10-22(21)29-23/h1,4-10,13,20H,11-12,14-16H2,2H3. The molecule has 1 aliphatic heterocycles. The third-order valence-corrected chi connectivity index (χ3v) is 6.46. The van der Waals surface area contributed by atoms with Crippen LogP contribution in [-0.4, -0.2) is 43.2 Å². The number of carbonyl (C=O) groups is 1. The number of rotatable bonds is 5. The lowest BCUT2D eigenvalue weighted by Crippen LogP contribution is -2.48. The zero-order valence-electron chi connectivity index (χ0n) is 16.4. The number of hydrogen-bond donors (Lipinski definition) is 0. The Morgan fingerprint density at radius 1 is 1.31 bits per heavy atom. The number of aryl methyl sites for hydroxylation is 1. The van der Waals surface area contributed by atoms with Gasteiger partial charge >= 0.3 is 0 Å². The van der Waals surface area contributed by atoms with E-state index in [1.165, 1.54) is 15.6 Å². The van der Waals surface area contributed by atoms with E-state index in [9.17, 15) is 4.79 Å². The molecule has 1 aliphatic rings. The molecule has 0 N–H and O–H groups in total. The Morgan fingerprint density at radius 2 is 2.17 bits per heavy atom. The van der Waals surface area contributed by atoms with E-state index in [-0.39, 0.29) is 12.0 Å². The molecule has 0 radical (unpaired) electrons. The summed E-state index contributed by atoms with van der Waals surface area (Å²) in [6.45, 7) is 4.17. The van der Waals surface area contributed by atoms with Gasteiger partial charge in [0.15, 0.2) is 0 Å². The minimum absolute atomic E-state index is 0.141. The normalized spacial score (nSPS) is 16.6. The number of nitrogens with zero attached hydrogens (tertiary/aromatic N) is 1. The Bertz CT molecular complexity index is 1070.